The molecule has 1 atom stereocenters. The second kappa shape index (κ2) is 6.95. The Bertz CT molecular complexity index is 514. The summed E-state index contributed by atoms with van der Waals surface area (Å²) in [5.41, 5.74) is 5.44. The first-order chi connectivity index (χ1) is 9.24. The minimum absolute atomic E-state index is 0. The summed E-state index contributed by atoms with van der Waals surface area (Å²) in [5.74, 6) is 0. The van der Waals surface area contributed by atoms with Crippen molar-refractivity contribution in [2.45, 2.75) is 64.7 Å². The second-order valence-electron chi connectivity index (χ2n) is 7.63. The molecule has 0 saturated carbocycles. The summed E-state index contributed by atoms with van der Waals surface area (Å²) < 4.78 is 0. The molecule has 0 radical (unpaired) electrons. The van der Waals surface area contributed by atoms with Gasteiger partial charge in [-0.25, -0.2) is 0 Å². The Kier molecular flexibility index (Phi) is 6.26. The molecule has 0 heterocycles. The van der Waals surface area contributed by atoms with Gasteiger partial charge in [0.15, 0.2) is 0 Å². The molecule has 3 heteroatoms. The van der Waals surface area contributed by atoms with Gasteiger partial charge in [-0.3, -0.25) is 0 Å². The number of allylic oxidation sites excluding steroid dienone is 1. The molecule has 1 unspecified atom stereocenters. The van der Waals surface area contributed by atoms with E-state index in [-0.39, 0.29) is 27.3 Å². The van der Waals surface area contributed by atoms with Crippen LogP contribution in [0.4, 0.5) is 0 Å². The summed E-state index contributed by atoms with van der Waals surface area (Å²) in [5, 5.41) is 0. The first-order valence-corrected chi connectivity index (χ1v) is 10.9. The molecule has 1 aliphatic rings. The van der Waals surface area contributed by atoms with Crippen molar-refractivity contribution in [1.82, 2.24) is 4.98 Å². The van der Waals surface area contributed by atoms with Gasteiger partial charge < -0.3 is 4.98 Å². The largest absolute Gasteiger partial charge is 0.332 e. The van der Waals surface area contributed by atoms with Crippen LogP contribution in [-0.4, -0.2) is 13.8 Å². The third kappa shape index (κ3) is 4.42. The summed E-state index contributed by atoms with van der Waals surface area (Å²) in [6, 6.07) is 8.95. The fourth-order valence-corrected chi connectivity index (χ4v) is 8.06. The van der Waals surface area contributed by atoms with Crippen molar-refractivity contribution < 1.29 is 21.7 Å². The standard InChI is InChI=1S/C18H29NSi.Ti/c1-7-10-15-13-14-11-8-9-12-16(14)17(15)20(5,6)19-18(2,3)4;/h8-9,11-13,17,19H,7,10H2,1-6H3;. The van der Waals surface area contributed by atoms with E-state index in [4.69, 9.17) is 0 Å². The number of benzene rings is 1. The van der Waals surface area contributed by atoms with E-state index in [1.807, 2.05) is 0 Å². The first kappa shape index (κ1) is 18.9. The average molecular weight is 335 g/mol. The van der Waals surface area contributed by atoms with Crippen LogP contribution in [0.3, 0.4) is 0 Å². The first-order valence-electron chi connectivity index (χ1n) is 7.83. The van der Waals surface area contributed by atoms with Crippen LogP contribution >= 0.6 is 0 Å². The van der Waals surface area contributed by atoms with E-state index in [0.29, 0.717) is 5.54 Å². The number of rotatable bonds is 4. The Balaban J connectivity index is 0.00000220. The quantitative estimate of drug-likeness (QED) is 0.755. The van der Waals surface area contributed by atoms with Gasteiger partial charge in [-0.2, -0.15) is 0 Å². The summed E-state index contributed by atoms with van der Waals surface area (Å²) in [6.45, 7) is 14.1. The number of hydrogen-bond acceptors (Lipinski definition) is 1. The molecule has 0 spiro atoms. The van der Waals surface area contributed by atoms with Crippen LogP contribution in [0.2, 0.25) is 13.1 Å². The zero-order chi connectivity index (χ0) is 15.0. The molecular weight excluding hydrogens is 306 g/mol. The van der Waals surface area contributed by atoms with Gasteiger partial charge >= 0.3 is 0 Å². The third-order valence-corrected chi connectivity index (χ3v) is 7.50. The summed E-state index contributed by atoms with van der Waals surface area (Å²) in [7, 11) is -1.58. The zero-order valence-electron chi connectivity index (χ0n) is 14.4. The molecule has 1 N–H and O–H groups in total. The van der Waals surface area contributed by atoms with Gasteiger partial charge in [0.1, 0.15) is 8.24 Å². The summed E-state index contributed by atoms with van der Waals surface area (Å²) >= 11 is 0. The number of nitrogens with one attached hydrogen (secondary N) is 1. The number of fused-ring (bicyclic) bond motifs is 1. The Morgan fingerprint density at radius 3 is 2.33 bits per heavy atom. The minimum Gasteiger partial charge on any atom is -0.332 e. The van der Waals surface area contributed by atoms with Crippen molar-refractivity contribution in [3.05, 3.63) is 41.0 Å². The van der Waals surface area contributed by atoms with Crippen LogP contribution < -0.4 is 4.98 Å². The maximum Gasteiger partial charge on any atom is 0.131 e. The van der Waals surface area contributed by atoms with Crippen LogP contribution in [-0.2, 0) is 21.7 Å². The van der Waals surface area contributed by atoms with E-state index < -0.39 is 8.24 Å². The van der Waals surface area contributed by atoms with Gasteiger partial charge in [0.05, 0.1) is 0 Å². The Labute approximate surface area is 146 Å². The van der Waals surface area contributed by atoms with Crippen molar-refractivity contribution in [3.8, 4) is 0 Å². The van der Waals surface area contributed by atoms with E-state index in [1.165, 1.54) is 18.4 Å². The summed E-state index contributed by atoms with van der Waals surface area (Å²) in [6.07, 6.45) is 4.90. The van der Waals surface area contributed by atoms with Gasteiger partial charge in [-0.15, -0.1) is 0 Å². The fourth-order valence-electron chi connectivity index (χ4n) is 3.78. The summed E-state index contributed by atoms with van der Waals surface area (Å²) in [4.78, 5) is 3.96. The van der Waals surface area contributed by atoms with Crippen molar-refractivity contribution >= 4 is 14.3 Å². The molecule has 0 aliphatic heterocycles. The topological polar surface area (TPSA) is 12.0 Å². The van der Waals surface area contributed by atoms with Crippen LogP contribution in [0.25, 0.3) is 6.08 Å². The van der Waals surface area contributed by atoms with Crippen molar-refractivity contribution in [2.75, 3.05) is 0 Å². The monoisotopic (exact) mass is 335 g/mol. The predicted molar refractivity (Wildman–Crippen MR) is 92.4 cm³/mol. The molecule has 0 aromatic heterocycles. The maximum atomic E-state index is 3.96. The zero-order valence-corrected chi connectivity index (χ0v) is 16.9. The van der Waals surface area contributed by atoms with E-state index in [2.05, 4.69) is 76.1 Å². The maximum absolute atomic E-state index is 3.96. The molecule has 0 bridgehead atoms. The van der Waals surface area contributed by atoms with E-state index in [1.54, 1.807) is 11.1 Å². The van der Waals surface area contributed by atoms with Crippen molar-refractivity contribution in [1.29, 1.82) is 0 Å². The molecule has 114 valence electrons. The molecule has 1 aromatic carbocycles. The molecule has 1 aromatic rings. The predicted octanol–water partition coefficient (Wildman–Crippen LogP) is 5.10. The van der Waals surface area contributed by atoms with E-state index in [0.717, 1.165) is 0 Å². The van der Waals surface area contributed by atoms with Crippen LogP contribution in [0.1, 0.15) is 57.2 Å². The molecule has 0 amide bonds. The molecule has 1 aliphatic carbocycles. The van der Waals surface area contributed by atoms with Gasteiger partial charge in [0.2, 0.25) is 0 Å². The molecule has 1 nitrogen and oxygen atoms in total. The van der Waals surface area contributed by atoms with Gasteiger partial charge in [-0.05, 0) is 38.3 Å². The second-order valence-corrected chi connectivity index (χ2v) is 11.9. The average Bonchev–Trinajstić information content (AvgIpc) is 2.64. The molecule has 0 fully saturated rings. The molecule has 2 rings (SSSR count). The Morgan fingerprint density at radius 2 is 1.76 bits per heavy atom. The normalized spacial score (nSPS) is 18.0. The fraction of sp³-hybridized carbons (Fsp3) is 0.556. The van der Waals surface area contributed by atoms with Gasteiger partial charge in [-0.1, -0.05) is 62.4 Å². The smallest absolute Gasteiger partial charge is 0.131 e. The van der Waals surface area contributed by atoms with Crippen LogP contribution in [0, 0.1) is 0 Å². The van der Waals surface area contributed by atoms with Gasteiger partial charge in [0, 0.05) is 32.8 Å². The van der Waals surface area contributed by atoms with Gasteiger partial charge in [0.25, 0.3) is 0 Å². The molecular formula is C18H29NSiTi. The third-order valence-electron chi connectivity index (χ3n) is 3.98. The van der Waals surface area contributed by atoms with Crippen LogP contribution in [0.15, 0.2) is 29.8 Å². The molecule has 21 heavy (non-hydrogen) atoms. The van der Waals surface area contributed by atoms with Crippen molar-refractivity contribution in [2.24, 2.45) is 0 Å². The Morgan fingerprint density at radius 1 is 1.14 bits per heavy atom. The van der Waals surface area contributed by atoms with Crippen molar-refractivity contribution in [3.63, 3.8) is 0 Å². The minimum atomic E-state index is -1.58. The van der Waals surface area contributed by atoms with E-state index >= 15 is 0 Å². The number of hydrogen-bond donors (Lipinski definition) is 1. The van der Waals surface area contributed by atoms with Crippen LogP contribution in [0.5, 0.6) is 0 Å². The van der Waals surface area contributed by atoms with E-state index in [9.17, 15) is 0 Å². The molecule has 0 saturated heterocycles. The SMILES string of the molecule is CCCC1=Cc2ccccc2C1[Si](C)(C)NC(C)(C)C.[Ti]. The Hall–Kier alpha value is -0.149.